The Kier molecular flexibility index (Phi) is 6.92. The molecule has 3 heterocycles. The maximum atomic E-state index is 13.3. The summed E-state index contributed by atoms with van der Waals surface area (Å²) in [5.74, 6) is 0.580. The van der Waals surface area contributed by atoms with Crippen LogP contribution in [0.15, 0.2) is 10.6 Å². The van der Waals surface area contributed by atoms with E-state index < -0.39 is 11.6 Å². The minimum Gasteiger partial charge on any atom is -0.360 e. The Morgan fingerprint density at radius 3 is 2.43 bits per heavy atom. The van der Waals surface area contributed by atoms with E-state index in [1.54, 1.807) is 17.9 Å². The number of urea groups is 1. The van der Waals surface area contributed by atoms with E-state index in [1.807, 2.05) is 0 Å². The van der Waals surface area contributed by atoms with Crippen molar-refractivity contribution in [2.75, 3.05) is 25.0 Å². The minimum atomic E-state index is -0.873. The second-order valence-electron chi connectivity index (χ2n) is 11.0. The molecule has 0 aromatic carbocycles. The average Bonchev–Trinajstić information content (AvgIpc) is 3.35. The number of likely N-dealkylation sites (tertiary alicyclic amines) is 1. The molecule has 1 aromatic heterocycles. The SMILES string of the molecule is CCC(C)(C)C1CCC2(CC1)NC(=O)N(CC(=O)N1CCC(C(=O)Nc3cc(C)on3)CC1)C2=O. The van der Waals surface area contributed by atoms with Crippen LogP contribution in [0.3, 0.4) is 0 Å². The van der Waals surface area contributed by atoms with Crippen molar-refractivity contribution in [3.63, 3.8) is 0 Å². The molecule has 5 amide bonds. The van der Waals surface area contributed by atoms with Crippen LogP contribution < -0.4 is 10.6 Å². The Balaban J connectivity index is 1.28. The van der Waals surface area contributed by atoms with E-state index in [9.17, 15) is 19.2 Å². The van der Waals surface area contributed by atoms with Gasteiger partial charge in [-0.1, -0.05) is 32.3 Å². The van der Waals surface area contributed by atoms with Gasteiger partial charge >= 0.3 is 6.03 Å². The largest absolute Gasteiger partial charge is 0.360 e. The van der Waals surface area contributed by atoms with E-state index in [4.69, 9.17) is 4.52 Å². The van der Waals surface area contributed by atoms with Crippen molar-refractivity contribution in [1.82, 2.24) is 20.3 Å². The topological polar surface area (TPSA) is 125 Å². The number of aromatic nitrogens is 1. The van der Waals surface area contributed by atoms with Crippen molar-refractivity contribution >= 4 is 29.6 Å². The number of carbonyl (C=O) groups is 4. The van der Waals surface area contributed by atoms with Gasteiger partial charge in [-0.2, -0.15) is 0 Å². The fourth-order valence-electron chi connectivity index (χ4n) is 5.62. The average molecular weight is 488 g/mol. The fraction of sp³-hybridized carbons (Fsp3) is 0.720. The molecule has 2 aliphatic heterocycles. The molecule has 4 rings (SSSR count). The normalized spacial score (nSPS) is 25.8. The smallest absolute Gasteiger partial charge is 0.325 e. The summed E-state index contributed by atoms with van der Waals surface area (Å²) in [5, 5.41) is 9.43. The van der Waals surface area contributed by atoms with E-state index in [0.717, 1.165) is 24.2 Å². The summed E-state index contributed by atoms with van der Waals surface area (Å²) in [6.07, 6.45) is 5.09. The molecular formula is C25H37N5O5. The first-order valence-electron chi connectivity index (χ1n) is 12.7. The van der Waals surface area contributed by atoms with Crippen LogP contribution in [0.5, 0.6) is 0 Å². The highest BCUT2D eigenvalue weighted by atomic mass is 16.5. The monoisotopic (exact) mass is 487 g/mol. The second kappa shape index (κ2) is 9.62. The number of rotatable bonds is 6. The molecule has 2 saturated heterocycles. The molecule has 192 valence electrons. The molecule has 1 saturated carbocycles. The van der Waals surface area contributed by atoms with Crippen LogP contribution in [0.25, 0.3) is 0 Å². The maximum Gasteiger partial charge on any atom is 0.325 e. The van der Waals surface area contributed by atoms with Crippen molar-refractivity contribution < 1.29 is 23.7 Å². The van der Waals surface area contributed by atoms with Crippen LogP contribution in [-0.4, -0.2) is 63.9 Å². The highest BCUT2D eigenvalue weighted by Gasteiger charge is 2.54. The quantitative estimate of drug-likeness (QED) is 0.594. The van der Waals surface area contributed by atoms with Crippen LogP contribution >= 0.6 is 0 Å². The first kappa shape index (κ1) is 25.2. The van der Waals surface area contributed by atoms with Gasteiger partial charge in [0.2, 0.25) is 11.8 Å². The molecule has 10 heteroatoms. The van der Waals surface area contributed by atoms with Crippen molar-refractivity contribution in [3.8, 4) is 0 Å². The number of hydrogen-bond acceptors (Lipinski definition) is 6. The number of amides is 5. The molecule has 2 N–H and O–H groups in total. The zero-order valence-electron chi connectivity index (χ0n) is 21.2. The van der Waals surface area contributed by atoms with Crippen molar-refractivity contribution in [2.45, 2.75) is 78.2 Å². The van der Waals surface area contributed by atoms with Gasteiger partial charge in [0.05, 0.1) is 0 Å². The summed E-state index contributed by atoms with van der Waals surface area (Å²) in [4.78, 5) is 54.1. The van der Waals surface area contributed by atoms with Crippen LogP contribution in [-0.2, 0) is 14.4 Å². The lowest BCUT2D eigenvalue weighted by molar-refractivity contribution is -0.141. The lowest BCUT2D eigenvalue weighted by Gasteiger charge is -2.42. The van der Waals surface area contributed by atoms with Crippen molar-refractivity contribution in [1.29, 1.82) is 0 Å². The molecule has 1 aliphatic carbocycles. The van der Waals surface area contributed by atoms with Gasteiger partial charge < -0.3 is 20.1 Å². The molecule has 1 spiro atoms. The number of hydrogen-bond donors (Lipinski definition) is 2. The van der Waals surface area contributed by atoms with Crippen LogP contribution in [0.4, 0.5) is 10.6 Å². The lowest BCUT2D eigenvalue weighted by Crippen LogP contribution is -2.51. The van der Waals surface area contributed by atoms with Gasteiger partial charge in [0, 0.05) is 25.1 Å². The van der Waals surface area contributed by atoms with Gasteiger partial charge in [0.15, 0.2) is 5.82 Å². The zero-order valence-corrected chi connectivity index (χ0v) is 21.2. The number of nitrogens with zero attached hydrogens (tertiary/aromatic N) is 3. The van der Waals surface area contributed by atoms with Gasteiger partial charge in [-0.25, -0.2) is 4.79 Å². The number of aryl methyl sites for hydroxylation is 1. The Hall–Kier alpha value is -2.91. The number of nitrogens with one attached hydrogen (secondary N) is 2. The van der Waals surface area contributed by atoms with E-state index in [-0.39, 0.29) is 35.6 Å². The highest BCUT2D eigenvalue weighted by molar-refractivity contribution is 6.09. The van der Waals surface area contributed by atoms with E-state index in [2.05, 4.69) is 36.6 Å². The predicted octanol–water partition coefficient (Wildman–Crippen LogP) is 3.08. The highest BCUT2D eigenvalue weighted by Crippen LogP contribution is 2.45. The van der Waals surface area contributed by atoms with Gasteiger partial charge in [0.1, 0.15) is 17.8 Å². The summed E-state index contributed by atoms with van der Waals surface area (Å²) in [6, 6.07) is 1.17. The predicted molar refractivity (Wildman–Crippen MR) is 128 cm³/mol. The molecule has 0 unspecified atom stereocenters. The van der Waals surface area contributed by atoms with Crippen molar-refractivity contribution in [3.05, 3.63) is 11.8 Å². The summed E-state index contributed by atoms with van der Waals surface area (Å²) < 4.78 is 4.97. The first-order valence-corrected chi connectivity index (χ1v) is 12.7. The number of anilines is 1. The molecule has 35 heavy (non-hydrogen) atoms. The second-order valence-corrected chi connectivity index (χ2v) is 11.0. The molecule has 3 aliphatic rings. The molecular weight excluding hydrogens is 450 g/mol. The van der Waals surface area contributed by atoms with Gasteiger partial charge in [-0.05, 0) is 56.8 Å². The third-order valence-electron chi connectivity index (χ3n) is 8.49. The summed E-state index contributed by atoms with van der Waals surface area (Å²) in [7, 11) is 0. The third kappa shape index (κ3) is 5.06. The Morgan fingerprint density at radius 1 is 1.20 bits per heavy atom. The molecule has 3 fully saturated rings. The number of imide groups is 1. The third-order valence-corrected chi connectivity index (χ3v) is 8.49. The van der Waals surface area contributed by atoms with Crippen LogP contribution in [0.1, 0.15) is 71.5 Å². The Labute approximate surface area is 206 Å². The van der Waals surface area contributed by atoms with Crippen LogP contribution in [0, 0.1) is 24.2 Å². The molecule has 0 bridgehead atoms. The zero-order chi connectivity index (χ0) is 25.4. The first-order chi connectivity index (χ1) is 16.5. The standard InChI is InChI=1S/C25H37N5O5/c1-5-24(3,4)18-6-10-25(11-7-18)22(33)30(23(34)27-25)15-20(31)29-12-8-17(9-13-29)21(32)26-19-14-16(2)35-28-19/h14,17-18H,5-13,15H2,1-4H3,(H,27,34)(H,26,28,32). The lowest BCUT2D eigenvalue weighted by atomic mass is 9.65. The van der Waals surface area contributed by atoms with E-state index in [0.29, 0.717) is 56.3 Å². The number of piperidine rings is 1. The summed E-state index contributed by atoms with van der Waals surface area (Å²) in [6.45, 7) is 9.00. The summed E-state index contributed by atoms with van der Waals surface area (Å²) in [5.41, 5.74) is -0.665. The molecule has 0 atom stereocenters. The van der Waals surface area contributed by atoms with E-state index in [1.165, 1.54) is 0 Å². The van der Waals surface area contributed by atoms with Gasteiger partial charge in [-0.15, -0.1) is 0 Å². The molecule has 0 radical (unpaired) electrons. The van der Waals surface area contributed by atoms with Crippen LogP contribution in [0.2, 0.25) is 0 Å². The Bertz CT molecular complexity index is 986. The Morgan fingerprint density at radius 2 is 1.86 bits per heavy atom. The van der Waals surface area contributed by atoms with Gasteiger partial charge in [-0.3, -0.25) is 19.3 Å². The maximum absolute atomic E-state index is 13.3. The van der Waals surface area contributed by atoms with Crippen molar-refractivity contribution in [2.24, 2.45) is 17.3 Å². The van der Waals surface area contributed by atoms with E-state index >= 15 is 0 Å². The summed E-state index contributed by atoms with van der Waals surface area (Å²) >= 11 is 0. The molecule has 1 aromatic rings. The molecule has 10 nitrogen and oxygen atoms in total. The fourth-order valence-corrected chi connectivity index (χ4v) is 5.62. The minimum absolute atomic E-state index is 0.150. The van der Waals surface area contributed by atoms with Gasteiger partial charge in [0.25, 0.3) is 5.91 Å². The number of carbonyl (C=O) groups excluding carboxylic acids is 4.